The molecule has 2 saturated carbocycles. The van der Waals surface area contributed by atoms with Crippen LogP contribution in [0, 0.1) is 0 Å². The predicted octanol–water partition coefficient (Wildman–Crippen LogP) is 2.33. The van der Waals surface area contributed by atoms with E-state index in [1.54, 1.807) is 0 Å². The largest absolute Gasteiger partial charge is 0.391 e. The molecule has 2 atom stereocenters. The molecule has 0 aromatic rings. The molecule has 5 nitrogen and oxygen atoms in total. The van der Waals surface area contributed by atoms with E-state index in [1.165, 1.54) is 25.7 Å². The summed E-state index contributed by atoms with van der Waals surface area (Å²) < 4.78 is 5.83. The standard InChI is InChI=1S/C16H30N2O3/c19-15-10-6-5-9-14(15)18-16(20)17-11-12-21-13-7-3-1-2-4-8-13/h13-15,19H,1-12H2,(H2,17,18,20). The Balaban J connectivity index is 1.54. The van der Waals surface area contributed by atoms with Crippen LogP contribution in [0.15, 0.2) is 0 Å². The Morgan fingerprint density at radius 2 is 1.67 bits per heavy atom. The Kier molecular flexibility index (Phi) is 7.30. The first-order chi connectivity index (χ1) is 10.3. The van der Waals surface area contributed by atoms with Crippen molar-refractivity contribution in [3.8, 4) is 0 Å². The molecule has 2 unspecified atom stereocenters. The van der Waals surface area contributed by atoms with Crippen molar-refractivity contribution in [3.63, 3.8) is 0 Å². The van der Waals surface area contributed by atoms with E-state index in [9.17, 15) is 9.90 Å². The summed E-state index contributed by atoms with van der Waals surface area (Å²) in [6, 6.07) is -0.285. The second-order valence-electron chi connectivity index (χ2n) is 6.34. The van der Waals surface area contributed by atoms with Gasteiger partial charge in [-0.3, -0.25) is 0 Å². The average Bonchev–Trinajstić information content (AvgIpc) is 2.75. The van der Waals surface area contributed by atoms with Crippen LogP contribution >= 0.6 is 0 Å². The number of urea groups is 1. The molecule has 2 rings (SSSR count). The average molecular weight is 298 g/mol. The van der Waals surface area contributed by atoms with E-state index in [0.717, 1.165) is 38.5 Å². The quantitative estimate of drug-likeness (QED) is 0.539. The van der Waals surface area contributed by atoms with E-state index in [-0.39, 0.29) is 12.1 Å². The van der Waals surface area contributed by atoms with Crippen LogP contribution in [0.1, 0.15) is 64.2 Å². The summed E-state index contributed by atoms with van der Waals surface area (Å²) in [5, 5.41) is 15.5. The lowest BCUT2D eigenvalue weighted by atomic mass is 9.93. The fourth-order valence-electron chi connectivity index (χ4n) is 3.30. The third-order valence-corrected chi connectivity index (χ3v) is 4.59. The zero-order chi connectivity index (χ0) is 14.9. The SMILES string of the molecule is O=C(NCCOC1CCCCCC1)NC1CCCCC1O. The van der Waals surface area contributed by atoms with Crippen LogP contribution in [0.4, 0.5) is 4.79 Å². The molecule has 3 N–H and O–H groups in total. The van der Waals surface area contributed by atoms with Gasteiger partial charge < -0.3 is 20.5 Å². The number of aliphatic hydroxyl groups is 1. The molecule has 0 saturated heterocycles. The Hall–Kier alpha value is -0.810. The van der Waals surface area contributed by atoms with Crippen molar-refractivity contribution in [1.82, 2.24) is 10.6 Å². The van der Waals surface area contributed by atoms with E-state index < -0.39 is 6.10 Å². The van der Waals surface area contributed by atoms with Gasteiger partial charge in [0.1, 0.15) is 0 Å². The fourth-order valence-corrected chi connectivity index (χ4v) is 3.30. The molecule has 5 heteroatoms. The molecule has 2 fully saturated rings. The summed E-state index contributed by atoms with van der Waals surface area (Å²) in [5.41, 5.74) is 0. The molecule has 0 spiro atoms. The molecule has 122 valence electrons. The van der Waals surface area contributed by atoms with E-state index in [0.29, 0.717) is 19.3 Å². The summed E-state index contributed by atoms with van der Waals surface area (Å²) in [7, 11) is 0. The number of hydrogen-bond acceptors (Lipinski definition) is 3. The number of carbonyl (C=O) groups is 1. The number of carbonyl (C=O) groups excluding carboxylic acids is 1. The topological polar surface area (TPSA) is 70.6 Å². The van der Waals surface area contributed by atoms with Crippen molar-refractivity contribution in [2.45, 2.75) is 82.5 Å². The highest BCUT2D eigenvalue weighted by Gasteiger charge is 2.24. The Bertz CT molecular complexity index is 304. The van der Waals surface area contributed by atoms with Gasteiger partial charge in [0.2, 0.25) is 0 Å². The maximum Gasteiger partial charge on any atom is 0.315 e. The molecule has 2 aliphatic carbocycles. The number of amides is 2. The molecule has 0 heterocycles. The number of hydrogen-bond donors (Lipinski definition) is 3. The first-order valence-corrected chi connectivity index (χ1v) is 8.60. The zero-order valence-corrected chi connectivity index (χ0v) is 13.0. The molecule has 2 aliphatic rings. The molecule has 0 radical (unpaired) electrons. The predicted molar refractivity (Wildman–Crippen MR) is 82.2 cm³/mol. The zero-order valence-electron chi connectivity index (χ0n) is 13.0. The second-order valence-corrected chi connectivity index (χ2v) is 6.34. The normalized spacial score (nSPS) is 27.9. The van der Waals surface area contributed by atoms with Crippen LogP contribution in [0.5, 0.6) is 0 Å². The van der Waals surface area contributed by atoms with Gasteiger partial charge >= 0.3 is 6.03 Å². The van der Waals surface area contributed by atoms with E-state index in [2.05, 4.69) is 10.6 Å². The van der Waals surface area contributed by atoms with Gasteiger partial charge in [-0.1, -0.05) is 38.5 Å². The van der Waals surface area contributed by atoms with E-state index >= 15 is 0 Å². The van der Waals surface area contributed by atoms with Crippen LogP contribution in [0.3, 0.4) is 0 Å². The summed E-state index contributed by atoms with van der Waals surface area (Å²) >= 11 is 0. The fraction of sp³-hybridized carbons (Fsp3) is 0.938. The third-order valence-electron chi connectivity index (χ3n) is 4.59. The van der Waals surface area contributed by atoms with Crippen molar-refractivity contribution in [1.29, 1.82) is 0 Å². The lowest BCUT2D eigenvalue weighted by Crippen LogP contribution is -2.49. The van der Waals surface area contributed by atoms with Crippen molar-refractivity contribution >= 4 is 6.03 Å². The van der Waals surface area contributed by atoms with E-state index in [4.69, 9.17) is 4.74 Å². The number of rotatable bonds is 5. The van der Waals surface area contributed by atoms with Gasteiger partial charge in [0.05, 0.1) is 24.9 Å². The van der Waals surface area contributed by atoms with Crippen LogP contribution in [-0.4, -0.2) is 42.5 Å². The second kappa shape index (κ2) is 9.26. The maximum absolute atomic E-state index is 11.8. The van der Waals surface area contributed by atoms with Gasteiger partial charge in [-0.15, -0.1) is 0 Å². The van der Waals surface area contributed by atoms with Crippen molar-refractivity contribution in [2.75, 3.05) is 13.2 Å². The van der Waals surface area contributed by atoms with Crippen molar-refractivity contribution in [3.05, 3.63) is 0 Å². The molecule has 0 aliphatic heterocycles. The Morgan fingerprint density at radius 3 is 2.38 bits per heavy atom. The highest BCUT2D eigenvalue weighted by atomic mass is 16.5. The molecule has 2 amide bonds. The number of aliphatic hydroxyl groups excluding tert-OH is 1. The maximum atomic E-state index is 11.8. The minimum atomic E-state index is -0.397. The summed E-state index contributed by atoms with van der Waals surface area (Å²) in [6.45, 7) is 1.11. The summed E-state index contributed by atoms with van der Waals surface area (Å²) in [4.78, 5) is 11.8. The number of ether oxygens (including phenoxy) is 1. The van der Waals surface area contributed by atoms with Gasteiger partial charge in [0, 0.05) is 6.54 Å². The summed E-state index contributed by atoms with van der Waals surface area (Å²) in [5.74, 6) is 0. The van der Waals surface area contributed by atoms with Crippen molar-refractivity contribution < 1.29 is 14.6 Å². The molecule has 0 aromatic carbocycles. The van der Waals surface area contributed by atoms with Gasteiger partial charge in [0.25, 0.3) is 0 Å². The van der Waals surface area contributed by atoms with Crippen LogP contribution < -0.4 is 10.6 Å². The first-order valence-electron chi connectivity index (χ1n) is 8.60. The Labute approximate surface area is 127 Å². The van der Waals surface area contributed by atoms with Gasteiger partial charge in [-0.25, -0.2) is 4.79 Å². The van der Waals surface area contributed by atoms with Gasteiger partial charge in [-0.05, 0) is 25.7 Å². The molecule has 21 heavy (non-hydrogen) atoms. The smallest absolute Gasteiger partial charge is 0.315 e. The number of nitrogens with one attached hydrogen (secondary N) is 2. The Morgan fingerprint density at radius 1 is 1.00 bits per heavy atom. The lowest BCUT2D eigenvalue weighted by molar-refractivity contribution is 0.0457. The first kappa shape index (κ1) is 16.6. The van der Waals surface area contributed by atoms with Crippen molar-refractivity contribution in [2.24, 2.45) is 0 Å². The summed E-state index contributed by atoms with van der Waals surface area (Å²) in [6.07, 6.45) is 11.2. The minimum absolute atomic E-state index is 0.0958. The minimum Gasteiger partial charge on any atom is -0.391 e. The van der Waals surface area contributed by atoms with E-state index in [1.807, 2.05) is 0 Å². The molecular weight excluding hydrogens is 268 g/mol. The van der Waals surface area contributed by atoms with Crippen LogP contribution in [-0.2, 0) is 4.74 Å². The monoisotopic (exact) mass is 298 g/mol. The van der Waals surface area contributed by atoms with Crippen LogP contribution in [0.25, 0.3) is 0 Å². The lowest BCUT2D eigenvalue weighted by Gasteiger charge is -2.28. The van der Waals surface area contributed by atoms with Gasteiger partial charge in [0.15, 0.2) is 0 Å². The highest BCUT2D eigenvalue weighted by molar-refractivity contribution is 5.74. The molecular formula is C16H30N2O3. The van der Waals surface area contributed by atoms with Crippen LogP contribution in [0.2, 0.25) is 0 Å². The highest BCUT2D eigenvalue weighted by Crippen LogP contribution is 2.19. The third kappa shape index (κ3) is 6.22. The van der Waals surface area contributed by atoms with Gasteiger partial charge in [-0.2, -0.15) is 0 Å². The molecule has 0 bridgehead atoms. The molecule has 0 aromatic heterocycles.